The summed E-state index contributed by atoms with van der Waals surface area (Å²) < 4.78 is 22.5. The number of nitrogens with two attached hydrogens (primary N) is 1. The minimum atomic E-state index is -3.88. The van der Waals surface area contributed by atoms with Crippen LogP contribution in [-0.4, -0.2) is 20.9 Å². The van der Waals surface area contributed by atoms with Crippen LogP contribution in [0.1, 0.15) is 0 Å². The lowest BCUT2D eigenvalue weighted by Gasteiger charge is -2.09. The van der Waals surface area contributed by atoms with E-state index in [1.807, 2.05) is 30.3 Å². The van der Waals surface area contributed by atoms with Gasteiger partial charge in [0.2, 0.25) is 15.9 Å². The highest BCUT2D eigenvalue weighted by molar-refractivity contribution is 7.89. The summed E-state index contributed by atoms with van der Waals surface area (Å²) in [6.45, 7) is 0.0680. The Morgan fingerprint density at radius 2 is 1.77 bits per heavy atom. The number of amides is 1. The highest BCUT2D eigenvalue weighted by Gasteiger charge is 2.13. The average molecular weight is 340 g/mol. The Balaban J connectivity index is 1.99. The van der Waals surface area contributed by atoms with E-state index in [1.165, 1.54) is 18.2 Å². The van der Waals surface area contributed by atoms with Gasteiger partial charge in [0.25, 0.3) is 0 Å². The number of carbonyl (C=O) groups is 1. The Bertz CT molecular complexity index is 779. The number of halogens is 1. The molecular formula is C14H14ClN3O3S. The van der Waals surface area contributed by atoms with Gasteiger partial charge in [-0.25, -0.2) is 13.6 Å². The molecule has 8 heteroatoms. The van der Waals surface area contributed by atoms with Crippen LogP contribution in [0.5, 0.6) is 0 Å². The molecule has 6 nitrogen and oxygen atoms in total. The number of para-hydroxylation sites is 1. The molecule has 2 aromatic carbocycles. The smallest absolute Gasteiger partial charge is 0.243 e. The summed E-state index contributed by atoms with van der Waals surface area (Å²) in [5.41, 5.74) is 1.21. The molecule has 0 aromatic heterocycles. The highest BCUT2D eigenvalue weighted by Crippen LogP contribution is 2.23. The van der Waals surface area contributed by atoms with Crippen molar-refractivity contribution < 1.29 is 13.2 Å². The fourth-order valence-corrected chi connectivity index (χ4v) is 2.84. The maximum atomic E-state index is 11.8. The van der Waals surface area contributed by atoms with Gasteiger partial charge in [-0.3, -0.25) is 4.79 Å². The summed E-state index contributed by atoms with van der Waals surface area (Å²) >= 11 is 5.84. The van der Waals surface area contributed by atoms with Gasteiger partial charge in [-0.2, -0.15) is 0 Å². The van der Waals surface area contributed by atoms with Crippen molar-refractivity contribution in [3.05, 3.63) is 53.6 Å². The van der Waals surface area contributed by atoms with E-state index < -0.39 is 10.0 Å². The highest BCUT2D eigenvalue weighted by atomic mass is 35.5. The fourth-order valence-electron chi connectivity index (χ4n) is 1.75. The molecule has 0 atom stereocenters. The van der Waals surface area contributed by atoms with E-state index in [1.54, 1.807) is 0 Å². The lowest BCUT2D eigenvalue weighted by Crippen LogP contribution is -2.21. The Morgan fingerprint density at radius 3 is 2.36 bits per heavy atom. The van der Waals surface area contributed by atoms with Gasteiger partial charge in [0.05, 0.1) is 11.6 Å². The maximum Gasteiger partial charge on any atom is 0.243 e. The third kappa shape index (κ3) is 4.45. The van der Waals surface area contributed by atoms with Crippen molar-refractivity contribution in [3.8, 4) is 0 Å². The normalized spacial score (nSPS) is 11.0. The van der Waals surface area contributed by atoms with Crippen molar-refractivity contribution >= 4 is 38.9 Å². The number of hydrogen-bond acceptors (Lipinski definition) is 4. The predicted molar refractivity (Wildman–Crippen MR) is 86.4 cm³/mol. The summed E-state index contributed by atoms with van der Waals surface area (Å²) in [4.78, 5) is 11.6. The van der Waals surface area contributed by atoms with Gasteiger partial charge in [0, 0.05) is 11.4 Å². The second kappa shape index (κ2) is 6.78. The Kier molecular flexibility index (Phi) is 5.02. The van der Waals surface area contributed by atoms with Gasteiger partial charge < -0.3 is 10.6 Å². The van der Waals surface area contributed by atoms with E-state index in [-0.39, 0.29) is 22.4 Å². The van der Waals surface area contributed by atoms with Crippen molar-refractivity contribution in [1.82, 2.24) is 0 Å². The molecule has 0 fully saturated rings. The number of anilines is 2. The maximum absolute atomic E-state index is 11.8. The van der Waals surface area contributed by atoms with Crippen LogP contribution < -0.4 is 15.8 Å². The number of carbonyl (C=O) groups excluding carboxylic acids is 1. The third-order valence-corrected chi connectivity index (χ3v) is 4.14. The molecule has 0 heterocycles. The van der Waals surface area contributed by atoms with Crippen molar-refractivity contribution in [1.29, 1.82) is 0 Å². The molecule has 116 valence electrons. The van der Waals surface area contributed by atoms with Crippen LogP contribution in [0, 0.1) is 0 Å². The second-order valence-corrected chi connectivity index (χ2v) is 6.40. The van der Waals surface area contributed by atoms with E-state index in [0.29, 0.717) is 5.69 Å². The largest absolute Gasteiger partial charge is 0.376 e. The van der Waals surface area contributed by atoms with Crippen LogP contribution in [0.2, 0.25) is 5.02 Å². The minimum absolute atomic E-state index is 0.0451. The molecule has 0 saturated heterocycles. The van der Waals surface area contributed by atoms with E-state index >= 15 is 0 Å². The molecule has 0 bridgehead atoms. The van der Waals surface area contributed by atoms with Crippen LogP contribution in [0.15, 0.2) is 53.4 Å². The molecule has 0 radical (unpaired) electrons. The standard InChI is InChI=1S/C14H14ClN3O3S/c15-12-8-11(6-7-13(12)22(16,20)21)18-14(19)9-17-10-4-2-1-3-5-10/h1-8,17H,9H2,(H,18,19)(H2,16,20,21). The summed E-state index contributed by atoms with van der Waals surface area (Å²) in [5, 5.41) is 10.5. The van der Waals surface area contributed by atoms with Gasteiger partial charge in [-0.15, -0.1) is 0 Å². The first-order chi connectivity index (χ1) is 10.4. The van der Waals surface area contributed by atoms with Gasteiger partial charge in [0.15, 0.2) is 0 Å². The van der Waals surface area contributed by atoms with Crippen molar-refractivity contribution in [2.45, 2.75) is 4.90 Å². The van der Waals surface area contributed by atoms with Gasteiger partial charge >= 0.3 is 0 Å². The Labute approximate surface area is 133 Å². The molecule has 0 aliphatic carbocycles. The van der Waals surface area contributed by atoms with Gasteiger partial charge in [-0.1, -0.05) is 29.8 Å². The molecule has 2 rings (SSSR count). The molecule has 4 N–H and O–H groups in total. The third-order valence-electron chi connectivity index (χ3n) is 2.75. The van der Waals surface area contributed by atoms with Crippen molar-refractivity contribution in [3.63, 3.8) is 0 Å². The van der Waals surface area contributed by atoms with Crippen LogP contribution >= 0.6 is 11.6 Å². The molecule has 0 saturated carbocycles. The minimum Gasteiger partial charge on any atom is -0.376 e. The zero-order valence-corrected chi connectivity index (χ0v) is 13.0. The number of benzene rings is 2. The first-order valence-electron chi connectivity index (χ1n) is 6.27. The van der Waals surface area contributed by atoms with Crippen molar-refractivity contribution in [2.75, 3.05) is 17.2 Å². The van der Waals surface area contributed by atoms with E-state index in [2.05, 4.69) is 10.6 Å². The zero-order chi connectivity index (χ0) is 16.2. The molecule has 0 aliphatic heterocycles. The lowest BCUT2D eigenvalue weighted by molar-refractivity contribution is -0.114. The predicted octanol–water partition coefficient (Wildman–Crippen LogP) is 2.04. The van der Waals surface area contributed by atoms with E-state index in [0.717, 1.165) is 5.69 Å². The van der Waals surface area contributed by atoms with Crippen LogP contribution in [-0.2, 0) is 14.8 Å². The summed E-state index contributed by atoms with van der Waals surface area (Å²) in [7, 11) is -3.88. The van der Waals surface area contributed by atoms with Crippen molar-refractivity contribution in [2.24, 2.45) is 5.14 Å². The summed E-state index contributed by atoms with van der Waals surface area (Å²) in [6.07, 6.45) is 0. The van der Waals surface area contributed by atoms with E-state index in [9.17, 15) is 13.2 Å². The molecule has 22 heavy (non-hydrogen) atoms. The zero-order valence-electron chi connectivity index (χ0n) is 11.4. The first-order valence-corrected chi connectivity index (χ1v) is 8.20. The average Bonchev–Trinajstić information content (AvgIpc) is 2.45. The second-order valence-electron chi connectivity index (χ2n) is 4.46. The lowest BCUT2D eigenvalue weighted by atomic mass is 10.3. The van der Waals surface area contributed by atoms with Gasteiger partial charge in [-0.05, 0) is 30.3 Å². The van der Waals surface area contributed by atoms with Crippen LogP contribution in [0.3, 0.4) is 0 Å². The molecule has 0 spiro atoms. The molecule has 2 aromatic rings. The van der Waals surface area contributed by atoms with Crippen LogP contribution in [0.4, 0.5) is 11.4 Å². The molecular weight excluding hydrogens is 326 g/mol. The van der Waals surface area contributed by atoms with Gasteiger partial charge in [0.1, 0.15) is 4.90 Å². The number of rotatable bonds is 5. The molecule has 0 aliphatic rings. The first kappa shape index (κ1) is 16.3. The Morgan fingerprint density at radius 1 is 1.09 bits per heavy atom. The SMILES string of the molecule is NS(=O)(=O)c1ccc(NC(=O)CNc2ccccc2)cc1Cl. The quantitative estimate of drug-likeness (QED) is 0.775. The topological polar surface area (TPSA) is 101 Å². The number of sulfonamides is 1. The fraction of sp³-hybridized carbons (Fsp3) is 0.0714. The Hall–Kier alpha value is -2.09. The summed E-state index contributed by atoms with van der Waals surface area (Å²) in [5.74, 6) is -0.289. The molecule has 1 amide bonds. The number of hydrogen-bond donors (Lipinski definition) is 3. The number of nitrogens with one attached hydrogen (secondary N) is 2. The monoisotopic (exact) mass is 339 g/mol. The number of primary sulfonamides is 1. The van der Waals surface area contributed by atoms with Crippen LogP contribution in [0.25, 0.3) is 0 Å². The summed E-state index contributed by atoms with van der Waals surface area (Å²) in [6, 6.07) is 13.3. The van der Waals surface area contributed by atoms with E-state index in [4.69, 9.17) is 16.7 Å². The molecule has 0 unspecified atom stereocenters.